The minimum absolute atomic E-state index is 0.0851. The quantitative estimate of drug-likeness (QED) is 0.0764. The molecule has 2 aromatic carbocycles. The van der Waals surface area contributed by atoms with Crippen LogP contribution in [0.5, 0.6) is 5.75 Å². The lowest BCUT2D eigenvalue weighted by atomic mass is 9.96. The number of benzene rings is 2. The lowest BCUT2D eigenvalue weighted by Gasteiger charge is -2.23. The summed E-state index contributed by atoms with van der Waals surface area (Å²) in [6.45, 7) is 4.02. The number of ketones is 1. The van der Waals surface area contributed by atoms with Crippen LogP contribution in [0.1, 0.15) is 35.5 Å². The number of thioether (sulfide) groups is 1. The van der Waals surface area contributed by atoms with E-state index in [9.17, 15) is 19.1 Å². The van der Waals surface area contributed by atoms with Gasteiger partial charge < -0.3 is 9.84 Å². The molecule has 6 rings (SSSR count). The number of carbonyl (C=O) groups excluding carboxylic acids is 2. The summed E-state index contributed by atoms with van der Waals surface area (Å²) in [6, 6.07) is 17.6. The van der Waals surface area contributed by atoms with Gasteiger partial charge in [0, 0.05) is 11.9 Å². The van der Waals surface area contributed by atoms with Crippen LogP contribution < -0.4 is 9.64 Å². The molecule has 5 aromatic rings. The third-order valence-corrected chi connectivity index (χ3v) is 8.86. The van der Waals surface area contributed by atoms with Crippen LogP contribution in [0.4, 0.5) is 9.52 Å². The van der Waals surface area contributed by atoms with E-state index in [1.165, 1.54) is 28.8 Å². The van der Waals surface area contributed by atoms with Crippen molar-refractivity contribution in [1.82, 2.24) is 19.6 Å². The summed E-state index contributed by atoms with van der Waals surface area (Å²) in [5.74, 6) is -1.26. The molecule has 4 heterocycles. The lowest BCUT2D eigenvalue weighted by Crippen LogP contribution is -2.29. The minimum Gasteiger partial charge on any atom is -0.505 e. The first kappa shape index (κ1) is 27.6. The second kappa shape index (κ2) is 11.4. The predicted octanol–water partition coefficient (Wildman–Crippen LogP) is 5.95. The number of aryl methyl sites for hydroxylation is 1. The lowest BCUT2D eigenvalue weighted by molar-refractivity contribution is -0.132. The molecule has 0 radical (unpaired) electrons. The van der Waals surface area contributed by atoms with E-state index < -0.39 is 17.7 Å². The molecule has 9 nitrogen and oxygen atoms in total. The van der Waals surface area contributed by atoms with E-state index in [1.807, 2.05) is 13.0 Å². The summed E-state index contributed by atoms with van der Waals surface area (Å²) in [5, 5.41) is 20.4. The van der Waals surface area contributed by atoms with Crippen LogP contribution in [0, 0.1) is 12.7 Å². The van der Waals surface area contributed by atoms with E-state index in [0.717, 1.165) is 16.9 Å². The van der Waals surface area contributed by atoms with Gasteiger partial charge in [-0.3, -0.25) is 18.9 Å². The second-order valence-corrected chi connectivity index (χ2v) is 11.6. The Morgan fingerprint density at radius 2 is 1.90 bits per heavy atom. The van der Waals surface area contributed by atoms with E-state index >= 15 is 0 Å². The van der Waals surface area contributed by atoms with E-state index in [2.05, 4.69) is 15.2 Å². The van der Waals surface area contributed by atoms with Crippen molar-refractivity contribution in [2.45, 2.75) is 30.0 Å². The van der Waals surface area contributed by atoms with E-state index in [-0.39, 0.29) is 22.3 Å². The molecule has 0 bridgehead atoms. The number of imidazole rings is 1. The Morgan fingerprint density at radius 3 is 2.69 bits per heavy atom. The Bertz CT molecular complexity index is 1850. The van der Waals surface area contributed by atoms with Crippen molar-refractivity contribution in [2.75, 3.05) is 11.5 Å². The van der Waals surface area contributed by atoms with Crippen molar-refractivity contribution in [3.8, 4) is 5.75 Å². The highest BCUT2D eigenvalue weighted by molar-refractivity contribution is 8.00. The zero-order chi connectivity index (χ0) is 29.4. The van der Waals surface area contributed by atoms with E-state index in [4.69, 9.17) is 4.74 Å². The molecule has 1 aliphatic heterocycles. The fourth-order valence-electron chi connectivity index (χ4n) is 4.90. The van der Waals surface area contributed by atoms with Gasteiger partial charge in [0.2, 0.25) is 5.13 Å². The van der Waals surface area contributed by atoms with Gasteiger partial charge >= 0.3 is 5.91 Å². The number of aliphatic hydroxyl groups is 1. The first-order valence-corrected chi connectivity index (χ1v) is 14.8. The standard InChI is InChI=1S/C30H24FN5O4S2/c1-3-40-21-8-6-7-19(15-21)25-23(26(37)24-17(2)32-22-9-4-5-14-35(22)24)27(38)28(39)36(25)29-33-34-30(42-29)41-16-18-10-12-20(31)13-11-18/h4-15,25,37H,3,16H2,1-2H3. The van der Waals surface area contributed by atoms with Gasteiger partial charge in [0.15, 0.2) is 10.1 Å². The molecule has 0 aliphatic carbocycles. The van der Waals surface area contributed by atoms with Gasteiger partial charge in [-0.05, 0) is 61.4 Å². The Balaban J connectivity index is 1.44. The van der Waals surface area contributed by atoms with E-state index in [1.54, 1.807) is 66.1 Å². The first-order valence-electron chi connectivity index (χ1n) is 13.0. The predicted molar refractivity (Wildman–Crippen MR) is 158 cm³/mol. The highest BCUT2D eigenvalue weighted by Gasteiger charge is 2.49. The molecule has 1 atom stereocenters. The molecule has 42 heavy (non-hydrogen) atoms. The van der Waals surface area contributed by atoms with E-state index in [0.29, 0.717) is 45.0 Å². The van der Waals surface area contributed by atoms with Crippen LogP contribution in [0.15, 0.2) is 82.8 Å². The maximum absolute atomic E-state index is 13.7. The maximum atomic E-state index is 13.7. The summed E-state index contributed by atoms with van der Waals surface area (Å²) in [5.41, 5.74) is 2.79. The largest absolute Gasteiger partial charge is 0.505 e. The number of amides is 1. The number of ether oxygens (including phenoxy) is 1. The number of nitrogens with zero attached hydrogens (tertiary/aromatic N) is 5. The summed E-state index contributed by atoms with van der Waals surface area (Å²) in [6.07, 6.45) is 1.74. The fraction of sp³-hybridized carbons (Fsp3) is 0.167. The summed E-state index contributed by atoms with van der Waals surface area (Å²) < 4.78 is 21.2. The van der Waals surface area contributed by atoms with Crippen LogP contribution in [0.2, 0.25) is 0 Å². The fourth-order valence-corrected chi connectivity index (χ4v) is 6.72. The average molecular weight is 602 g/mol. The number of pyridine rings is 1. The molecule has 1 amide bonds. The summed E-state index contributed by atoms with van der Waals surface area (Å²) in [7, 11) is 0. The number of fused-ring (bicyclic) bond motifs is 1. The van der Waals surface area contributed by atoms with Crippen molar-refractivity contribution >= 4 is 51.3 Å². The van der Waals surface area contributed by atoms with Gasteiger partial charge in [-0.15, -0.1) is 10.2 Å². The smallest absolute Gasteiger partial charge is 0.301 e. The molecular formula is C30H24FN5O4S2. The van der Waals surface area contributed by atoms with Crippen molar-refractivity contribution in [1.29, 1.82) is 0 Å². The third-order valence-electron chi connectivity index (χ3n) is 6.74. The molecule has 1 N–H and O–H groups in total. The molecular weight excluding hydrogens is 577 g/mol. The zero-order valence-electron chi connectivity index (χ0n) is 22.5. The van der Waals surface area contributed by atoms with Crippen molar-refractivity contribution < 1.29 is 23.8 Å². The van der Waals surface area contributed by atoms with Gasteiger partial charge in [-0.1, -0.05) is 53.4 Å². The number of hydrogen-bond donors (Lipinski definition) is 1. The van der Waals surface area contributed by atoms with Gasteiger partial charge in [-0.2, -0.15) is 0 Å². The third kappa shape index (κ3) is 5.03. The van der Waals surface area contributed by atoms with Crippen LogP contribution in [-0.4, -0.2) is 43.0 Å². The first-order chi connectivity index (χ1) is 20.4. The molecule has 1 fully saturated rings. The van der Waals surface area contributed by atoms with Crippen molar-refractivity contribution in [2.24, 2.45) is 0 Å². The summed E-state index contributed by atoms with van der Waals surface area (Å²) >= 11 is 2.54. The highest BCUT2D eigenvalue weighted by atomic mass is 32.2. The van der Waals surface area contributed by atoms with Gasteiger partial charge in [-0.25, -0.2) is 9.37 Å². The summed E-state index contributed by atoms with van der Waals surface area (Å²) in [4.78, 5) is 33.1. The Morgan fingerprint density at radius 1 is 1.10 bits per heavy atom. The molecule has 0 saturated carbocycles. The minimum atomic E-state index is -0.998. The number of rotatable bonds is 8. The van der Waals surface area contributed by atoms with Crippen LogP contribution in [0.25, 0.3) is 11.4 Å². The molecule has 1 saturated heterocycles. The molecule has 1 aliphatic rings. The number of aliphatic hydroxyl groups excluding tert-OH is 1. The molecule has 1 unspecified atom stereocenters. The maximum Gasteiger partial charge on any atom is 0.301 e. The molecule has 3 aromatic heterocycles. The Labute approximate surface area is 248 Å². The highest BCUT2D eigenvalue weighted by Crippen LogP contribution is 2.45. The van der Waals surface area contributed by atoms with Crippen LogP contribution in [0.3, 0.4) is 0 Å². The Hall–Kier alpha value is -4.55. The average Bonchev–Trinajstić information content (AvgIpc) is 3.66. The number of carbonyl (C=O) groups is 2. The molecule has 0 spiro atoms. The number of halogens is 1. The number of hydrogen-bond acceptors (Lipinski definition) is 9. The van der Waals surface area contributed by atoms with Gasteiger partial charge in [0.05, 0.1) is 23.9 Å². The van der Waals surface area contributed by atoms with Crippen molar-refractivity contribution in [3.05, 3.63) is 107 Å². The van der Waals surface area contributed by atoms with Crippen LogP contribution in [-0.2, 0) is 15.3 Å². The number of Topliss-reactive ketones (excluding diaryl/α,β-unsaturated/α-hetero) is 1. The molecule has 12 heteroatoms. The van der Waals surface area contributed by atoms with Gasteiger partial charge in [0.1, 0.15) is 22.9 Å². The van der Waals surface area contributed by atoms with Crippen LogP contribution >= 0.6 is 23.1 Å². The second-order valence-electron chi connectivity index (χ2n) is 9.41. The van der Waals surface area contributed by atoms with Crippen molar-refractivity contribution in [3.63, 3.8) is 0 Å². The normalized spacial score (nSPS) is 16.5. The number of aromatic nitrogens is 4. The molecule has 212 valence electrons. The zero-order valence-corrected chi connectivity index (χ0v) is 24.2. The SMILES string of the molecule is CCOc1cccc(C2C(=C(O)c3c(C)nc4ccccn34)C(=O)C(=O)N2c2nnc(SCc3ccc(F)cc3)s2)c1. The van der Waals surface area contributed by atoms with Gasteiger partial charge in [0.25, 0.3) is 5.78 Å². The monoisotopic (exact) mass is 601 g/mol. The topological polar surface area (TPSA) is 110 Å². The number of anilines is 1. The Kier molecular flexibility index (Phi) is 7.48.